The van der Waals surface area contributed by atoms with Gasteiger partial charge in [0.15, 0.2) is 17.2 Å². The van der Waals surface area contributed by atoms with E-state index in [0.717, 1.165) is 0 Å². The first-order chi connectivity index (χ1) is 11.7. The molecule has 0 bridgehead atoms. The Morgan fingerprint density at radius 2 is 1.52 bits per heavy atom. The molecule has 25 heavy (non-hydrogen) atoms. The molecule has 0 atom stereocenters. The van der Waals surface area contributed by atoms with Crippen molar-refractivity contribution in [2.45, 2.75) is 12.6 Å². The SMILES string of the molecule is COc1cc(Cc2c(N)nc(N)nc2C(F)(F)F)cc(OC)c1OC. The molecule has 10 heteroatoms. The summed E-state index contributed by atoms with van der Waals surface area (Å²) >= 11 is 0. The van der Waals surface area contributed by atoms with E-state index in [9.17, 15) is 13.2 Å². The van der Waals surface area contributed by atoms with Crippen LogP contribution in [0.2, 0.25) is 0 Å². The molecule has 136 valence electrons. The monoisotopic (exact) mass is 358 g/mol. The number of ether oxygens (including phenoxy) is 3. The fourth-order valence-corrected chi connectivity index (χ4v) is 2.37. The smallest absolute Gasteiger partial charge is 0.433 e. The minimum atomic E-state index is -4.72. The minimum absolute atomic E-state index is 0.197. The van der Waals surface area contributed by atoms with Crippen LogP contribution in [0.25, 0.3) is 0 Å². The van der Waals surface area contributed by atoms with Crippen LogP contribution in [0.3, 0.4) is 0 Å². The van der Waals surface area contributed by atoms with Crippen molar-refractivity contribution in [2.75, 3.05) is 32.8 Å². The quantitative estimate of drug-likeness (QED) is 0.844. The second kappa shape index (κ2) is 6.91. The van der Waals surface area contributed by atoms with E-state index in [2.05, 4.69) is 9.97 Å². The molecule has 1 aromatic heterocycles. The van der Waals surface area contributed by atoms with E-state index in [-0.39, 0.29) is 17.8 Å². The number of methoxy groups -OCH3 is 3. The van der Waals surface area contributed by atoms with Crippen LogP contribution in [0, 0.1) is 0 Å². The first-order valence-electron chi connectivity index (χ1n) is 6.99. The number of nitrogen functional groups attached to an aromatic ring is 2. The third-order valence-corrected chi connectivity index (χ3v) is 3.43. The molecule has 0 saturated carbocycles. The topological polar surface area (TPSA) is 106 Å². The van der Waals surface area contributed by atoms with Gasteiger partial charge in [-0.15, -0.1) is 0 Å². The molecular weight excluding hydrogens is 341 g/mol. The van der Waals surface area contributed by atoms with Crippen LogP contribution in [0.15, 0.2) is 12.1 Å². The van der Waals surface area contributed by atoms with E-state index in [4.69, 9.17) is 25.7 Å². The van der Waals surface area contributed by atoms with E-state index in [0.29, 0.717) is 22.8 Å². The Morgan fingerprint density at radius 1 is 0.960 bits per heavy atom. The normalized spacial score (nSPS) is 11.3. The first kappa shape index (κ1) is 18.4. The summed E-state index contributed by atoms with van der Waals surface area (Å²) in [4.78, 5) is 6.91. The van der Waals surface area contributed by atoms with Crippen molar-refractivity contribution in [1.82, 2.24) is 9.97 Å². The van der Waals surface area contributed by atoms with Gasteiger partial charge in [0.1, 0.15) is 5.82 Å². The first-order valence-corrected chi connectivity index (χ1v) is 6.99. The maximum absolute atomic E-state index is 13.2. The zero-order valence-corrected chi connectivity index (χ0v) is 13.8. The Morgan fingerprint density at radius 3 is 1.96 bits per heavy atom. The van der Waals surface area contributed by atoms with Crippen LogP contribution in [-0.2, 0) is 12.6 Å². The van der Waals surface area contributed by atoms with Gasteiger partial charge in [-0.05, 0) is 17.7 Å². The Labute approximate surface area is 141 Å². The van der Waals surface area contributed by atoms with Crippen LogP contribution < -0.4 is 25.7 Å². The summed E-state index contributed by atoms with van der Waals surface area (Å²) in [7, 11) is 4.24. The van der Waals surface area contributed by atoms with Crippen molar-refractivity contribution >= 4 is 11.8 Å². The number of nitrogens with zero attached hydrogens (tertiary/aromatic N) is 2. The average Bonchev–Trinajstić information content (AvgIpc) is 2.54. The molecular formula is C15H17F3N4O3. The lowest BCUT2D eigenvalue weighted by Gasteiger charge is -2.16. The van der Waals surface area contributed by atoms with E-state index in [1.807, 2.05) is 0 Å². The van der Waals surface area contributed by atoms with Crippen LogP contribution in [0.4, 0.5) is 24.9 Å². The molecule has 0 spiro atoms. The molecule has 1 aromatic carbocycles. The number of nitrogens with two attached hydrogens (primary N) is 2. The highest BCUT2D eigenvalue weighted by molar-refractivity contribution is 5.56. The number of benzene rings is 1. The predicted octanol–water partition coefficient (Wildman–Crippen LogP) is 2.28. The van der Waals surface area contributed by atoms with Crippen LogP contribution in [0.5, 0.6) is 17.2 Å². The van der Waals surface area contributed by atoms with Crippen molar-refractivity contribution in [3.05, 3.63) is 29.0 Å². The van der Waals surface area contributed by atoms with E-state index in [1.54, 1.807) is 0 Å². The molecule has 0 aliphatic heterocycles. The molecule has 0 saturated heterocycles. The molecule has 0 amide bonds. The van der Waals surface area contributed by atoms with Crippen molar-refractivity contribution in [3.63, 3.8) is 0 Å². The average molecular weight is 358 g/mol. The Hall–Kier alpha value is -2.91. The molecule has 0 unspecified atom stereocenters. The Bertz CT molecular complexity index is 756. The number of aromatic nitrogens is 2. The van der Waals surface area contributed by atoms with Crippen molar-refractivity contribution in [3.8, 4) is 17.2 Å². The molecule has 0 radical (unpaired) electrons. The molecule has 2 rings (SSSR count). The molecule has 0 aliphatic carbocycles. The molecule has 4 N–H and O–H groups in total. The van der Waals surface area contributed by atoms with Crippen LogP contribution in [0.1, 0.15) is 16.8 Å². The highest BCUT2D eigenvalue weighted by atomic mass is 19.4. The second-order valence-electron chi connectivity index (χ2n) is 5.00. The van der Waals surface area contributed by atoms with Gasteiger partial charge in [-0.2, -0.15) is 18.2 Å². The molecule has 0 aliphatic rings. The van der Waals surface area contributed by atoms with Gasteiger partial charge in [0.25, 0.3) is 0 Å². The molecule has 1 heterocycles. The summed E-state index contributed by atoms with van der Waals surface area (Å²) in [5.74, 6) is 0.0547. The summed E-state index contributed by atoms with van der Waals surface area (Å²) in [6.45, 7) is 0. The second-order valence-corrected chi connectivity index (χ2v) is 5.00. The lowest BCUT2D eigenvalue weighted by atomic mass is 10.0. The third-order valence-electron chi connectivity index (χ3n) is 3.43. The maximum atomic E-state index is 13.2. The summed E-state index contributed by atoms with van der Waals surface area (Å²) in [6, 6.07) is 3.05. The standard InChI is InChI=1S/C15H17F3N4O3/c1-23-9-5-7(6-10(24-2)11(9)25-3)4-8-12(15(16,17)18)21-14(20)22-13(8)19/h5-6H,4H2,1-3H3,(H4,19,20,21,22). The summed E-state index contributed by atoms with van der Waals surface area (Å²) in [5, 5.41) is 0. The van der Waals surface area contributed by atoms with Gasteiger partial charge in [0.05, 0.1) is 21.3 Å². The Kier molecular flexibility index (Phi) is 5.10. The minimum Gasteiger partial charge on any atom is -0.493 e. The summed E-state index contributed by atoms with van der Waals surface area (Å²) < 4.78 is 55.3. The highest BCUT2D eigenvalue weighted by Gasteiger charge is 2.37. The largest absolute Gasteiger partial charge is 0.493 e. The lowest BCUT2D eigenvalue weighted by Crippen LogP contribution is -2.17. The number of hydrogen-bond donors (Lipinski definition) is 2. The van der Waals surface area contributed by atoms with Gasteiger partial charge >= 0.3 is 6.18 Å². The number of alkyl halides is 3. The summed E-state index contributed by atoms with van der Waals surface area (Å²) in [6.07, 6.45) is -4.92. The van der Waals surface area contributed by atoms with E-state index >= 15 is 0 Å². The third kappa shape index (κ3) is 3.78. The molecule has 7 nitrogen and oxygen atoms in total. The fraction of sp³-hybridized carbons (Fsp3) is 0.333. The molecule has 2 aromatic rings. The van der Waals surface area contributed by atoms with Crippen molar-refractivity contribution in [2.24, 2.45) is 0 Å². The number of hydrogen-bond acceptors (Lipinski definition) is 7. The summed E-state index contributed by atoms with van der Waals surface area (Å²) in [5.41, 5.74) is 9.92. The lowest BCUT2D eigenvalue weighted by molar-refractivity contribution is -0.141. The van der Waals surface area contributed by atoms with Crippen LogP contribution >= 0.6 is 0 Å². The number of rotatable bonds is 5. The van der Waals surface area contributed by atoms with Gasteiger partial charge in [-0.25, -0.2) is 4.98 Å². The van der Waals surface area contributed by atoms with E-state index < -0.39 is 17.8 Å². The Balaban J connectivity index is 2.57. The number of halogens is 3. The zero-order valence-electron chi connectivity index (χ0n) is 13.8. The van der Waals surface area contributed by atoms with Gasteiger partial charge in [-0.3, -0.25) is 0 Å². The van der Waals surface area contributed by atoms with Gasteiger partial charge < -0.3 is 25.7 Å². The van der Waals surface area contributed by atoms with Gasteiger partial charge in [0.2, 0.25) is 11.7 Å². The molecule has 0 fully saturated rings. The van der Waals surface area contributed by atoms with Crippen LogP contribution in [-0.4, -0.2) is 31.3 Å². The van der Waals surface area contributed by atoms with Crippen molar-refractivity contribution in [1.29, 1.82) is 0 Å². The maximum Gasteiger partial charge on any atom is 0.433 e. The van der Waals surface area contributed by atoms with Gasteiger partial charge in [0, 0.05) is 12.0 Å². The van der Waals surface area contributed by atoms with Gasteiger partial charge in [-0.1, -0.05) is 0 Å². The van der Waals surface area contributed by atoms with E-state index in [1.165, 1.54) is 33.5 Å². The predicted molar refractivity (Wildman–Crippen MR) is 84.8 cm³/mol. The fourth-order valence-electron chi connectivity index (χ4n) is 2.37. The van der Waals surface area contributed by atoms with Crippen molar-refractivity contribution < 1.29 is 27.4 Å². The zero-order chi connectivity index (χ0) is 18.8. The number of anilines is 2. The highest BCUT2D eigenvalue weighted by Crippen LogP contribution is 2.40.